The van der Waals surface area contributed by atoms with Crippen molar-refractivity contribution < 1.29 is 4.79 Å². The molecule has 0 radical (unpaired) electrons. The highest BCUT2D eigenvalue weighted by atomic mass is 79.9. The monoisotopic (exact) mass is 327 g/mol. The molecule has 0 aromatic carbocycles. The van der Waals surface area contributed by atoms with Gasteiger partial charge in [-0.2, -0.15) is 0 Å². The molecule has 0 bridgehead atoms. The van der Waals surface area contributed by atoms with Crippen molar-refractivity contribution in [1.29, 1.82) is 0 Å². The smallest absolute Gasteiger partial charge is 0.288 e. The molecule has 1 unspecified atom stereocenters. The van der Waals surface area contributed by atoms with Crippen LogP contribution in [0.25, 0.3) is 0 Å². The van der Waals surface area contributed by atoms with Gasteiger partial charge in [-0.05, 0) is 6.42 Å². The number of hydrogen-bond donors (Lipinski definition) is 1. The van der Waals surface area contributed by atoms with E-state index in [1.165, 1.54) is 38.5 Å². The van der Waals surface area contributed by atoms with Gasteiger partial charge < -0.3 is 5.32 Å². The van der Waals surface area contributed by atoms with Gasteiger partial charge in [0.2, 0.25) is 0 Å². The lowest BCUT2D eigenvalue weighted by Gasteiger charge is -2.09. The van der Waals surface area contributed by atoms with Crippen molar-refractivity contribution in [3.05, 3.63) is 0 Å². The van der Waals surface area contributed by atoms with Crippen LogP contribution in [0, 0.1) is 0 Å². The Balaban J connectivity index is 3.14. The lowest BCUT2D eigenvalue weighted by atomic mass is 10.1. The molecule has 0 rings (SSSR count). The fraction of sp³-hybridized carbons (Fsp3) is 0.900. The van der Waals surface area contributed by atoms with Gasteiger partial charge in [0.1, 0.15) is 0 Å². The van der Waals surface area contributed by atoms with Crippen LogP contribution in [0.5, 0.6) is 0 Å². The maximum absolute atomic E-state index is 10.6. The minimum atomic E-state index is -0.148. The molecule has 0 heterocycles. The largest absolute Gasteiger partial charge is 0.334 e. The van der Waals surface area contributed by atoms with E-state index in [1.807, 2.05) is 0 Å². The van der Waals surface area contributed by atoms with E-state index in [2.05, 4.69) is 44.1 Å². The minimum absolute atomic E-state index is 0.112. The molecule has 0 aliphatic carbocycles. The van der Waals surface area contributed by atoms with Gasteiger partial charge >= 0.3 is 0 Å². The predicted molar refractivity (Wildman–Crippen MR) is 68.2 cm³/mol. The van der Waals surface area contributed by atoms with Crippen molar-refractivity contribution in [2.75, 3.05) is 0 Å². The van der Waals surface area contributed by atoms with E-state index in [0.29, 0.717) is 0 Å². The summed E-state index contributed by atoms with van der Waals surface area (Å²) < 4.78 is 0. The Hall–Kier alpha value is 0.430. The molecule has 84 valence electrons. The molecular formula is C10H19Br2NO. The van der Waals surface area contributed by atoms with Crippen molar-refractivity contribution >= 4 is 36.7 Å². The number of carbonyl (C=O) groups excluding carboxylic acids is 1. The summed E-state index contributed by atoms with van der Waals surface area (Å²) in [7, 11) is 0. The highest BCUT2D eigenvalue weighted by molar-refractivity contribution is 9.18. The van der Waals surface area contributed by atoms with Gasteiger partial charge in [0.05, 0.1) is 4.95 Å². The van der Waals surface area contributed by atoms with E-state index < -0.39 is 0 Å². The first kappa shape index (κ1) is 14.4. The number of halogens is 2. The van der Waals surface area contributed by atoms with E-state index in [4.69, 9.17) is 0 Å². The molecule has 0 aliphatic rings. The summed E-state index contributed by atoms with van der Waals surface area (Å²) in [5, 5.41) is 2.74. The van der Waals surface area contributed by atoms with Gasteiger partial charge in [0.15, 0.2) is 0 Å². The van der Waals surface area contributed by atoms with Gasteiger partial charge in [-0.3, -0.25) is 4.79 Å². The molecule has 14 heavy (non-hydrogen) atoms. The van der Waals surface area contributed by atoms with E-state index in [9.17, 15) is 4.79 Å². The molecule has 0 fully saturated rings. The van der Waals surface area contributed by atoms with Crippen LogP contribution in [0.2, 0.25) is 0 Å². The zero-order valence-electron chi connectivity index (χ0n) is 8.69. The molecule has 4 heteroatoms. The van der Waals surface area contributed by atoms with Crippen LogP contribution in [0.3, 0.4) is 0 Å². The van der Waals surface area contributed by atoms with Crippen molar-refractivity contribution in [2.45, 2.75) is 56.8 Å². The Morgan fingerprint density at radius 2 is 1.79 bits per heavy atom. The zero-order chi connectivity index (χ0) is 10.8. The first-order chi connectivity index (χ1) is 6.66. The molecule has 0 aliphatic heterocycles. The van der Waals surface area contributed by atoms with Crippen LogP contribution >= 0.6 is 31.9 Å². The van der Waals surface area contributed by atoms with E-state index >= 15 is 0 Å². The van der Waals surface area contributed by atoms with Crippen LogP contribution in [0.15, 0.2) is 0 Å². The Labute approximate surface area is 103 Å². The van der Waals surface area contributed by atoms with Crippen molar-refractivity contribution in [3.8, 4) is 0 Å². The number of nitrogens with one attached hydrogen (secondary N) is 1. The second-order valence-electron chi connectivity index (χ2n) is 3.44. The standard InChI is InChI=1S/C10H19Br2NO/c1-2-3-4-5-6-7-8-9(11)13-10(12)14/h9H,2-8H2,1H3,(H,13,14). The summed E-state index contributed by atoms with van der Waals surface area (Å²) >= 11 is 6.24. The van der Waals surface area contributed by atoms with Gasteiger partial charge in [0, 0.05) is 15.9 Å². The Kier molecular flexibility index (Phi) is 10.3. The maximum Gasteiger partial charge on any atom is 0.288 e. The second-order valence-corrected chi connectivity index (χ2v) is 5.27. The summed E-state index contributed by atoms with van der Waals surface area (Å²) in [6.07, 6.45) is 8.73. The fourth-order valence-corrected chi connectivity index (χ4v) is 2.41. The number of alkyl halides is 1. The number of carbonyl (C=O) groups is 1. The average molecular weight is 329 g/mol. The number of hydrogen-bond acceptors (Lipinski definition) is 1. The predicted octanol–water partition coefficient (Wildman–Crippen LogP) is 4.56. The maximum atomic E-state index is 10.6. The van der Waals surface area contributed by atoms with Crippen LogP contribution < -0.4 is 5.32 Å². The summed E-state index contributed by atoms with van der Waals surface area (Å²) in [4.78, 5) is 10.6. The quantitative estimate of drug-likeness (QED) is 0.301. The van der Waals surface area contributed by atoms with Gasteiger partial charge in [-0.15, -0.1) is 0 Å². The van der Waals surface area contributed by atoms with E-state index in [0.717, 1.165) is 6.42 Å². The van der Waals surface area contributed by atoms with Crippen LogP contribution in [-0.2, 0) is 0 Å². The SMILES string of the molecule is CCCCCCCCC(Br)NC(=O)Br. The van der Waals surface area contributed by atoms with Crippen molar-refractivity contribution in [3.63, 3.8) is 0 Å². The molecule has 0 spiro atoms. The summed E-state index contributed by atoms with van der Waals surface area (Å²) in [5.41, 5.74) is 0. The number of unbranched alkanes of at least 4 members (excludes halogenated alkanes) is 5. The summed E-state index contributed by atoms with van der Waals surface area (Å²) in [6, 6.07) is 0. The Morgan fingerprint density at radius 3 is 2.36 bits per heavy atom. The van der Waals surface area contributed by atoms with E-state index in [-0.39, 0.29) is 9.77 Å². The van der Waals surface area contributed by atoms with Crippen LogP contribution in [0.1, 0.15) is 51.9 Å². The number of rotatable bonds is 8. The van der Waals surface area contributed by atoms with Crippen molar-refractivity contribution in [2.24, 2.45) is 0 Å². The van der Waals surface area contributed by atoms with Gasteiger partial charge in [-0.1, -0.05) is 61.4 Å². The van der Waals surface area contributed by atoms with Crippen LogP contribution in [0.4, 0.5) is 4.79 Å². The summed E-state index contributed by atoms with van der Waals surface area (Å²) in [5.74, 6) is 0. The lowest BCUT2D eigenvalue weighted by molar-refractivity contribution is 0.261. The molecule has 1 atom stereocenters. The molecule has 0 saturated heterocycles. The summed E-state index contributed by atoms with van der Waals surface area (Å²) in [6.45, 7) is 2.22. The van der Waals surface area contributed by atoms with Crippen molar-refractivity contribution in [1.82, 2.24) is 5.32 Å². The topological polar surface area (TPSA) is 29.1 Å². The second kappa shape index (κ2) is 9.97. The molecular weight excluding hydrogens is 310 g/mol. The number of amides is 1. The van der Waals surface area contributed by atoms with Gasteiger partial charge in [0.25, 0.3) is 4.82 Å². The molecule has 1 N–H and O–H groups in total. The Morgan fingerprint density at radius 1 is 1.21 bits per heavy atom. The molecule has 0 saturated carbocycles. The molecule has 2 nitrogen and oxygen atoms in total. The Bertz CT molecular complexity index is 153. The molecule has 1 amide bonds. The molecule has 0 aromatic heterocycles. The lowest BCUT2D eigenvalue weighted by Crippen LogP contribution is -2.24. The third-order valence-electron chi connectivity index (χ3n) is 2.08. The highest BCUT2D eigenvalue weighted by Gasteiger charge is 2.04. The fourth-order valence-electron chi connectivity index (χ4n) is 1.30. The zero-order valence-corrected chi connectivity index (χ0v) is 11.9. The van der Waals surface area contributed by atoms with E-state index in [1.54, 1.807) is 0 Å². The molecule has 0 aromatic rings. The average Bonchev–Trinajstić information content (AvgIpc) is 2.10. The third-order valence-corrected chi connectivity index (χ3v) is 3.00. The third kappa shape index (κ3) is 10.5. The van der Waals surface area contributed by atoms with Gasteiger partial charge in [-0.25, -0.2) is 0 Å². The normalized spacial score (nSPS) is 12.5. The van der Waals surface area contributed by atoms with Crippen LogP contribution in [-0.4, -0.2) is 9.77 Å². The first-order valence-electron chi connectivity index (χ1n) is 5.27. The highest BCUT2D eigenvalue weighted by Crippen LogP contribution is 2.11. The minimum Gasteiger partial charge on any atom is -0.334 e. The first-order valence-corrected chi connectivity index (χ1v) is 6.97.